The van der Waals surface area contributed by atoms with Crippen molar-refractivity contribution in [1.29, 1.82) is 0 Å². The number of amides is 4. The molecule has 4 amide bonds. The van der Waals surface area contributed by atoms with Crippen LogP contribution in [0.5, 0.6) is 0 Å². The van der Waals surface area contributed by atoms with E-state index in [1.54, 1.807) is 33.5 Å². The molecular formula is C34H43IN6O5S2. The minimum Gasteiger partial charge on any atom is -0.444 e. The molecule has 48 heavy (non-hydrogen) atoms. The van der Waals surface area contributed by atoms with Crippen LogP contribution in [0.2, 0.25) is 0 Å². The highest BCUT2D eigenvalue weighted by Gasteiger charge is 2.26. The van der Waals surface area contributed by atoms with Gasteiger partial charge in [0, 0.05) is 36.6 Å². The number of carbonyl (C=O) groups is 3. The van der Waals surface area contributed by atoms with Crippen LogP contribution in [-0.2, 0) is 28.9 Å². The lowest BCUT2D eigenvalue weighted by Crippen LogP contribution is -2.54. The van der Waals surface area contributed by atoms with E-state index in [0.29, 0.717) is 31.6 Å². The molecule has 258 valence electrons. The van der Waals surface area contributed by atoms with E-state index >= 15 is 0 Å². The fourth-order valence-corrected chi connectivity index (χ4v) is 8.82. The van der Waals surface area contributed by atoms with Crippen LogP contribution in [-0.4, -0.2) is 71.4 Å². The third-order valence-corrected chi connectivity index (χ3v) is 12.5. The Morgan fingerprint density at radius 1 is 0.938 bits per heavy atom. The van der Waals surface area contributed by atoms with Crippen LogP contribution >= 0.6 is 39.9 Å². The fraction of sp³-hybridized carbons (Fsp3) is 0.412. The maximum atomic E-state index is 13.5. The Morgan fingerprint density at radius 2 is 1.56 bits per heavy atom. The number of aliphatic hydroxyl groups is 1. The molecule has 1 aliphatic heterocycles. The number of ether oxygens (including phenoxy) is 1. The predicted molar refractivity (Wildman–Crippen MR) is 199 cm³/mol. The van der Waals surface area contributed by atoms with Crippen LogP contribution in [0.4, 0.5) is 9.59 Å². The monoisotopic (exact) mass is 806 g/mol. The summed E-state index contributed by atoms with van der Waals surface area (Å²) in [5.74, 6) is -0.192. The van der Waals surface area contributed by atoms with Crippen molar-refractivity contribution in [3.8, 4) is 0 Å². The number of halogens is 1. The zero-order valence-corrected chi connectivity index (χ0v) is 31.1. The average molecular weight is 807 g/mol. The highest BCUT2D eigenvalue weighted by atomic mass is 127. The molecule has 11 nitrogen and oxygen atoms in total. The zero-order chi connectivity index (χ0) is 34.3. The smallest absolute Gasteiger partial charge is 0.407 e. The summed E-state index contributed by atoms with van der Waals surface area (Å²) < 4.78 is 9.74. The molecule has 14 heteroatoms. The van der Waals surface area contributed by atoms with E-state index in [0.717, 1.165) is 26.7 Å². The molecule has 0 saturated heterocycles. The van der Waals surface area contributed by atoms with E-state index in [9.17, 15) is 19.5 Å². The van der Waals surface area contributed by atoms with E-state index in [4.69, 9.17) is 4.74 Å². The van der Waals surface area contributed by atoms with Gasteiger partial charge < -0.3 is 30.7 Å². The standard InChI is InChI=1S/C34H43IN6O5S2/c1-23(2)32-38-28(22-47-32)19-41(3)33(44)40-30(20-42)31(43)37-26(16-24-10-6-4-7-11-24)14-15-27(17-25-12-8-5-9-13-25)39-34(45)46-21-29-18-36-35-48-29/h4-13,18,22-23,26-27,30,42H,14-17,19-21H2,1-3H3,(H,37,43)(H,39,45)(H,40,44). The van der Waals surface area contributed by atoms with Gasteiger partial charge in [0.25, 0.3) is 0 Å². The number of carbonyl (C=O) groups excluding carboxylic acids is 3. The average Bonchev–Trinajstić information content (AvgIpc) is 3.79. The zero-order valence-electron chi connectivity index (χ0n) is 27.3. The highest BCUT2D eigenvalue weighted by molar-refractivity contribution is 14.2. The summed E-state index contributed by atoms with van der Waals surface area (Å²) in [5, 5.41) is 21.8. The normalized spacial score (nSPS) is 14.3. The Hall–Kier alpha value is -3.34. The highest BCUT2D eigenvalue weighted by Crippen LogP contribution is 2.37. The Balaban J connectivity index is 1.39. The molecule has 0 aliphatic carbocycles. The van der Waals surface area contributed by atoms with Crippen LogP contribution in [0.1, 0.15) is 54.4 Å². The number of alkyl carbamates (subject to hydrolysis) is 1. The first-order chi connectivity index (χ1) is 23.2. The largest absolute Gasteiger partial charge is 0.444 e. The second-order valence-electron chi connectivity index (χ2n) is 11.8. The summed E-state index contributed by atoms with van der Waals surface area (Å²) in [5.41, 5.74) is 2.86. The first-order valence-electron chi connectivity index (χ1n) is 15.8. The quantitative estimate of drug-likeness (QED) is 0.118. The first-order valence-corrected chi connectivity index (χ1v) is 21.0. The second kappa shape index (κ2) is 19.6. The molecule has 3 atom stereocenters. The first kappa shape index (κ1) is 37.5. The minimum atomic E-state index is -1.15. The summed E-state index contributed by atoms with van der Waals surface area (Å²) in [6.45, 7) is 4.03. The molecule has 1 aromatic heterocycles. The SMILES string of the molecule is CC(C)c1nc(CN(C)C(=O)NC(CO)C(=O)NC(CCC(Cc2ccccc2)NC(=O)OCC2=CN=IS2)Cc2ccccc2)cs1. The molecule has 3 unspecified atom stereocenters. The van der Waals surface area contributed by atoms with Crippen LogP contribution in [0.15, 0.2) is 80.3 Å². The van der Waals surface area contributed by atoms with E-state index in [1.807, 2.05) is 66.0 Å². The number of nitrogens with zero attached hydrogens (tertiary/aromatic N) is 3. The van der Waals surface area contributed by atoms with Crippen molar-refractivity contribution >= 4 is 57.9 Å². The van der Waals surface area contributed by atoms with Crippen molar-refractivity contribution in [3.63, 3.8) is 0 Å². The minimum absolute atomic E-state index is 0.191. The van der Waals surface area contributed by atoms with Gasteiger partial charge in [-0.05, 0) is 45.7 Å². The molecule has 0 fully saturated rings. The summed E-state index contributed by atoms with van der Waals surface area (Å²) >= 11 is 1.26. The maximum Gasteiger partial charge on any atom is 0.407 e. The molecule has 0 saturated carbocycles. The van der Waals surface area contributed by atoms with E-state index in [1.165, 1.54) is 4.90 Å². The van der Waals surface area contributed by atoms with Crippen molar-refractivity contribution < 1.29 is 24.2 Å². The molecule has 2 aromatic carbocycles. The van der Waals surface area contributed by atoms with Crippen molar-refractivity contribution in [1.82, 2.24) is 25.8 Å². The number of aromatic nitrogens is 1. The molecule has 1 aliphatic rings. The van der Waals surface area contributed by atoms with Gasteiger partial charge >= 0.3 is 12.1 Å². The number of benzene rings is 2. The van der Waals surface area contributed by atoms with Crippen molar-refractivity contribution in [3.05, 3.63) is 99.0 Å². The lowest BCUT2D eigenvalue weighted by molar-refractivity contribution is -0.124. The van der Waals surface area contributed by atoms with Crippen LogP contribution < -0.4 is 16.0 Å². The van der Waals surface area contributed by atoms with Gasteiger partial charge in [-0.3, -0.25) is 4.79 Å². The van der Waals surface area contributed by atoms with Gasteiger partial charge in [-0.15, -0.1) is 11.3 Å². The summed E-state index contributed by atoms with van der Waals surface area (Å²) in [6, 6.07) is 17.4. The Labute approximate surface area is 298 Å². The van der Waals surface area contributed by atoms with Crippen molar-refractivity contribution in [2.75, 3.05) is 20.3 Å². The summed E-state index contributed by atoms with van der Waals surface area (Å²) in [4.78, 5) is 46.3. The number of urea groups is 1. The van der Waals surface area contributed by atoms with Gasteiger partial charge in [-0.1, -0.05) is 74.5 Å². The molecule has 0 radical (unpaired) electrons. The Bertz CT molecular complexity index is 1540. The van der Waals surface area contributed by atoms with Gasteiger partial charge in [-0.2, -0.15) is 0 Å². The molecule has 0 spiro atoms. The number of hydrogen-bond donors (Lipinski definition) is 4. The third-order valence-electron chi connectivity index (χ3n) is 7.50. The molecule has 0 bridgehead atoms. The fourth-order valence-electron chi connectivity index (χ4n) is 4.94. The third kappa shape index (κ3) is 12.6. The van der Waals surface area contributed by atoms with Gasteiger partial charge in [-0.25, -0.2) is 17.7 Å². The van der Waals surface area contributed by atoms with E-state index in [2.05, 4.69) is 37.9 Å². The van der Waals surface area contributed by atoms with Crippen molar-refractivity contribution in [2.24, 2.45) is 3.15 Å². The lowest BCUT2D eigenvalue weighted by Gasteiger charge is -2.26. The molecule has 2 heterocycles. The summed E-state index contributed by atoms with van der Waals surface area (Å²) in [6.07, 6.45) is 3.45. The number of thiazole rings is 1. The van der Waals surface area contributed by atoms with Crippen LogP contribution in [0.25, 0.3) is 0 Å². The van der Waals surface area contributed by atoms with Gasteiger partial charge in [0.15, 0.2) is 0 Å². The predicted octanol–water partition coefficient (Wildman–Crippen LogP) is 6.27. The number of rotatable bonds is 17. The Morgan fingerprint density at radius 3 is 2.10 bits per heavy atom. The molecule has 4 N–H and O–H groups in total. The lowest BCUT2D eigenvalue weighted by atomic mass is 9.96. The van der Waals surface area contributed by atoms with Crippen LogP contribution in [0, 0.1) is 0 Å². The number of nitrogens with one attached hydrogen (secondary N) is 3. The van der Waals surface area contributed by atoms with E-state index in [-0.39, 0.29) is 44.9 Å². The maximum absolute atomic E-state index is 13.5. The molecule has 3 aromatic rings. The van der Waals surface area contributed by atoms with E-state index < -0.39 is 30.7 Å². The molecular weight excluding hydrogens is 763 g/mol. The molecule has 4 rings (SSSR count). The second-order valence-corrected chi connectivity index (χ2v) is 16.6. The number of hydrogen-bond acceptors (Lipinski definition) is 9. The Kier molecular flexibility index (Phi) is 15.3. The van der Waals surface area contributed by atoms with Crippen LogP contribution in [0.3, 0.4) is 0 Å². The van der Waals surface area contributed by atoms with Crippen molar-refractivity contribution in [2.45, 2.75) is 70.1 Å². The summed E-state index contributed by atoms with van der Waals surface area (Å²) in [7, 11) is 3.27. The number of aliphatic hydroxyl groups excluding tert-OH is 1. The van der Waals surface area contributed by atoms with Gasteiger partial charge in [0.05, 0.1) is 48.4 Å². The van der Waals surface area contributed by atoms with Gasteiger partial charge in [0.1, 0.15) is 12.6 Å². The topological polar surface area (TPSA) is 145 Å². The van der Waals surface area contributed by atoms with Gasteiger partial charge in [0.2, 0.25) is 5.91 Å².